The van der Waals surface area contributed by atoms with Crippen LogP contribution in [-0.4, -0.2) is 10.9 Å². The van der Waals surface area contributed by atoms with Crippen molar-refractivity contribution in [3.05, 3.63) is 48.0 Å². The van der Waals surface area contributed by atoms with E-state index in [1.165, 1.54) is 20.2 Å². The third kappa shape index (κ3) is 1.59. The van der Waals surface area contributed by atoms with E-state index in [-0.39, 0.29) is 0 Å². The van der Waals surface area contributed by atoms with Crippen LogP contribution < -0.4 is 0 Å². The lowest BCUT2D eigenvalue weighted by Gasteiger charge is -1.98. The third-order valence-electron chi connectivity index (χ3n) is 2.94. The van der Waals surface area contributed by atoms with Crippen molar-refractivity contribution in [1.82, 2.24) is 0 Å². The summed E-state index contributed by atoms with van der Waals surface area (Å²) in [6.07, 6.45) is 0. The highest BCUT2D eigenvalue weighted by molar-refractivity contribution is 7.25. The van der Waals surface area contributed by atoms with Crippen LogP contribution in [0.15, 0.2) is 47.6 Å². The van der Waals surface area contributed by atoms with E-state index in [0.29, 0.717) is 5.71 Å². The Bertz CT molecular complexity index is 727. The highest BCUT2D eigenvalue weighted by Gasteiger charge is 2.06. The molecule has 0 saturated heterocycles. The van der Waals surface area contributed by atoms with Crippen molar-refractivity contribution in [3.63, 3.8) is 0 Å². The summed E-state index contributed by atoms with van der Waals surface area (Å²) in [4.78, 5) is 0. The zero-order valence-corrected chi connectivity index (χ0v) is 10.2. The molecule has 3 aromatic rings. The van der Waals surface area contributed by atoms with Crippen molar-refractivity contribution in [3.8, 4) is 0 Å². The molecule has 2 aromatic carbocycles. The lowest BCUT2D eigenvalue weighted by Crippen LogP contribution is -1.92. The largest absolute Gasteiger partial charge is 0.411 e. The molecule has 84 valence electrons. The summed E-state index contributed by atoms with van der Waals surface area (Å²) in [5, 5.41) is 14.6. The second kappa shape index (κ2) is 3.86. The molecule has 0 fully saturated rings. The van der Waals surface area contributed by atoms with Gasteiger partial charge in [0.15, 0.2) is 0 Å². The average Bonchev–Trinajstić information content (AvgIpc) is 2.75. The van der Waals surface area contributed by atoms with E-state index >= 15 is 0 Å². The topological polar surface area (TPSA) is 32.6 Å². The molecule has 0 radical (unpaired) electrons. The van der Waals surface area contributed by atoms with Crippen molar-refractivity contribution in [1.29, 1.82) is 0 Å². The highest BCUT2D eigenvalue weighted by Crippen LogP contribution is 2.34. The van der Waals surface area contributed by atoms with Gasteiger partial charge in [-0.1, -0.05) is 29.4 Å². The Morgan fingerprint density at radius 1 is 1.06 bits per heavy atom. The summed E-state index contributed by atoms with van der Waals surface area (Å²) < 4.78 is 2.55. The zero-order valence-electron chi connectivity index (χ0n) is 9.34. The van der Waals surface area contributed by atoms with Crippen LogP contribution in [0, 0.1) is 0 Å². The highest BCUT2D eigenvalue weighted by atomic mass is 32.1. The molecule has 0 amide bonds. The molecule has 1 N–H and O–H groups in total. The number of nitrogens with zero attached hydrogens (tertiary/aromatic N) is 1. The Labute approximate surface area is 103 Å². The van der Waals surface area contributed by atoms with Crippen LogP contribution in [0.5, 0.6) is 0 Å². The molecule has 0 atom stereocenters. The number of rotatable bonds is 1. The molecule has 3 rings (SSSR count). The van der Waals surface area contributed by atoms with Crippen LogP contribution in [0.25, 0.3) is 20.2 Å². The van der Waals surface area contributed by atoms with Crippen molar-refractivity contribution in [2.45, 2.75) is 6.92 Å². The first kappa shape index (κ1) is 10.3. The molecule has 1 aromatic heterocycles. The first-order valence-corrected chi connectivity index (χ1v) is 6.21. The third-order valence-corrected chi connectivity index (χ3v) is 4.10. The number of oxime groups is 1. The number of hydrogen-bond acceptors (Lipinski definition) is 3. The fraction of sp³-hybridized carbons (Fsp3) is 0.0714. The van der Waals surface area contributed by atoms with E-state index in [2.05, 4.69) is 35.5 Å². The van der Waals surface area contributed by atoms with Crippen LogP contribution in [0.4, 0.5) is 0 Å². The predicted octanol–water partition coefficient (Wildman–Crippen LogP) is 4.25. The summed E-state index contributed by atoms with van der Waals surface area (Å²) in [5.41, 5.74) is 1.60. The summed E-state index contributed by atoms with van der Waals surface area (Å²) in [6.45, 7) is 1.80. The van der Waals surface area contributed by atoms with Gasteiger partial charge in [0.25, 0.3) is 0 Å². The summed E-state index contributed by atoms with van der Waals surface area (Å²) in [5.74, 6) is 0. The minimum absolute atomic E-state index is 0.641. The smallest absolute Gasteiger partial charge is 0.0837 e. The molecule has 3 heteroatoms. The molecule has 0 spiro atoms. The van der Waals surface area contributed by atoms with Gasteiger partial charge in [-0.15, -0.1) is 11.3 Å². The van der Waals surface area contributed by atoms with Gasteiger partial charge in [-0.05, 0) is 30.7 Å². The van der Waals surface area contributed by atoms with Gasteiger partial charge in [0.2, 0.25) is 0 Å². The summed E-state index contributed by atoms with van der Waals surface area (Å²) >= 11 is 1.79. The maximum Gasteiger partial charge on any atom is 0.0837 e. The standard InChI is InChI=1S/C14H11NOS/c1-9(15-16)10-6-7-14-12(8-10)11-4-2-3-5-13(11)17-14/h2-8,16H,1H3/b15-9+. The van der Waals surface area contributed by atoms with Gasteiger partial charge in [0, 0.05) is 20.2 Å². The van der Waals surface area contributed by atoms with Crippen LogP contribution >= 0.6 is 11.3 Å². The van der Waals surface area contributed by atoms with E-state index in [1.807, 2.05) is 12.1 Å². The second-order valence-corrected chi connectivity index (χ2v) is 5.08. The van der Waals surface area contributed by atoms with Crippen LogP contribution in [0.2, 0.25) is 0 Å². The molecule has 0 bridgehead atoms. The second-order valence-electron chi connectivity index (χ2n) is 3.99. The average molecular weight is 241 g/mol. The fourth-order valence-electron chi connectivity index (χ4n) is 2.01. The molecular weight excluding hydrogens is 230 g/mol. The number of hydrogen-bond donors (Lipinski definition) is 1. The number of thiophene rings is 1. The quantitative estimate of drug-likeness (QED) is 0.385. The molecule has 0 aliphatic heterocycles. The van der Waals surface area contributed by atoms with E-state index < -0.39 is 0 Å². The van der Waals surface area contributed by atoms with Gasteiger partial charge in [-0.25, -0.2) is 0 Å². The maximum atomic E-state index is 8.81. The molecule has 0 aliphatic carbocycles. The Morgan fingerprint density at radius 2 is 1.82 bits per heavy atom. The molecule has 0 aliphatic rings. The minimum atomic E-state index is 0.641. The molecule has 0 unspecified atom stereocenters. The zero-order chi connectivity index (χ0) is 11.8. The van der Waals surface area contributed by atoms with Gasteiger partial charge in [0.1, 0.15) is 0 Å². The predicted molar refractivity (Wildman–Crippen MR) is 73.3 cm³/mol. The maximum absolute atomic E-state index is 8.81. The van der Waals surface area contributed by atoms with Gasteiger partial charge in [-0.3, -0.25) is 0 Å². The first-order chi connectivity index (χ1) is 8.29. The Kier molecular flexibility index (Phi) is 2.34. The van der Waals surface area contributed by atoms with Crippen molar-refractivity contribution >= 4 is 37.2 Å². The lowest BCUT2D eigenvalue weighted by atomic mass is 10.1. The molecule has 17 heavy (non-hydrogen) atoms. The van der Waals surface area contributed by atoms with Crippen LogP contribution in [0.3, 0.4) is 0 Å². The number of fused-ring (bicyclic) bond motifs is 3. The van der Waals surface area contributed by atoms with Gasteiger partial charge in [-0.2, -0.15) is 0 Å². The fourth-order valence-corrected chi connectivity index (χ4v) is 3.10. The van der Waals surface area contributed by atoms with Crippen molar-refractivity contribution < 1.29 is 5.21 Å². The van der Waals surface area contributed by atoms with Crippen molar-refractivity contribution in [2.75, 3.05) is 0 Å². The summed E-state index contributed by atoms with van der Waals surface area (Å²) in [7, 11) is 0. The van der Waals surface area contributed by atoms with E-state index in [0.717, 1.165) is 5.56 Å². The van der Waals surface area contributed by atoms with Gasteiger partial charge < -0.3 is 5.21 Å². The van der Waals surface area contributed by atoms with Crippen LogP contribution in [0.1, 0.15) is 12.5 Å². The van der Waals surface area contributed by atoms with E-state index in [9.17, 15) is 0 Å². The molecule has 0 saturated carbocycles. The normalized spacial score (nSPS) is 12.4. The Balaban J connectivity index is 2.37. The Morgan fingerprint density at radius 3 is 2.65 bits per heavy atom. The molecular formula is C14H11NOS. The lowest BCUT2D eigenvalue weighted by molar-refractivity contribution is 0.319. The molecule has 1 heterocycles. The SMILES string of the molecule is C/C(=N\O)c1ccc2sc3ccccc3c2c1. The molecule has 2 nitrogen and oxygen atoms in total. The monoisotopic (exact) mass is 241 g/mol. The van der Waals surface area contributed by atoms with E-state index in [1.54, 1.807) is 18.3 Å². The summed E-state index contributed by atoms with van der Waals surface area (Å²) in [6, 6.07) is 14.5. The van der Waals surface area contributed by atoms with Crippen molar-refractivity contribution in [2.24, 2.45) is 5.16 Å². The van der Waals surface area contributed by atoms with Gasteiger partial charge >= 0.3 is 0 Å². The van der Waals surface area contributed by atoms with Gasteiger partial charge in [0.05, 0.1) is 5.71 Å². The Hall–Kier alpha value is -1.87. The number of benzene rings is 2. The van der Waals surface area contributed by atoms with E-state index in [4.69, 9.17) is 5.21 Å². The first-order valence-electron chi connectivity index (χ1n) is 5.40. The minimum Gasteiger partial charge on any atom is -0.411 e. The van der Waals surface area contributed by atoms with Crippen LogP contribution in [-0.2, 0) is 0 Å².